The van der Waals surface area contributed by atoms with Crippen LogP contribution in [0.4, 0.5) is 17.2 Å². The first-order valence-corrected chi connectivity index (χ1v) is 9.91. The number of nitrogens with zero attached hydrogens (tertiary/aromatic N) is 4. The lowest BCUT2D eigenvalue weighted by Crippen LogP contribution is -2.45. The second-order valence-corrected chi connectivity index (χ2v) is 7.65. The van der Waals surface area contributed by atoms with Gasteiger partial charge < -0.3 is 24.6 Å². The number of rotatable bonds is 4. The van der Waals surface area contributed by atoms with E-state index in [1.165, 1.54) is 0 Å². The third-order valence-corrected chi connectivity index (χ3v) is 5.36. The van der Waals surface area contributed by atoms with E-state index in [4.69, 9.17) is 9.47 Å². The van der Waals surface area contributed by atoms with Crippen LogP contribution in [0, 0.1) is 6.92 Å². The SMILES string of the molecule is Cc1nc(C(=O)Nc2ccc(N(C)C)cc2)cc(N2CCC3(CC2)OCCO3)n1. The van der Waals surface area contributed by atoms with Crippen molar-refractivity contribution < 1.29 is 14.3 Å². The van der Waals surface area contributed by atoms with E-state index in [0.717, 1.165) is 43.1 Å². The maximum Gasteiger partial charge on any atom is 0.274 e. The Kier molecular flexibility index (Phi) is 5.38. The molecule has 1 aromatic heterocycles. The molecular formula is C21H27N5O3. The highest BCUT2D eigenvalue weighted by Gasteiger charge is 2.40. The molecule has 2 fully saturated rings. The van der Waals surface area contributed by atoms with Crippen LogP contribution in [0.15, 0.2) is 30.3 Å². The molecule has 1 aromatic carbocycles. The van der Waals surface area contributed by atoms with Crippen molar-refractivity contribution in [2.45, 2.75) is 25.6 Å². The maximum atomic E-state index is 12.8. The number of carbonyl (C=O) groups excluding carboxylic acids is 1. The number of aromatic nitrogens is 2. The Labute approximate surface area is 170 Å². The first kappa shape index (κ1) is 19.6. The molecule has 0 saturated carbocycles. The van der Waals surface area contributed by atoms with Gasteiger partial charge in [0.15, 0.2) is 5.79 Å². The molecule has 1 N–H and O–H groups in total. The number of hydrogen-bond acceptors (Lipinski definition) is 7. The van der Waals surface area contributed by atoms with Gasteiger partial charge in [-0.2, -0.15) is 0 Å². The van der Waals surface area contributed by atoms with Gasteiger partial charge in [0.2, 0.25) is 0 Å². The van der Waals surface area contributed by atoms with Gasteiger partial charge in [-0.15, -0.1) is 0 Å². The quantitative estimate of drug-likeness (QED) is 0.849. The number of carbonyl (C=O) groups is 1. The van der Waals surface area contributed by atoms with Crippen LogP contribution in [0.25, 0.3) is 0 Å². The molecule has 4 rings (SSSR count). The zero-order valence-electron chi connectivity index (χ0n) is 17.1. The van der Waals surface area contributed by atoms with Crippen molar-refractivity contribution in [2.75, 3.05) is 55.5 Å². The van der Waals surface area contributed by atoms with Crippen molar-refractivity contribution in [1.29, 1.82) is 0 Å². The average Bonchev–Trinajstić information content (AvgIpc) is 3.16. The lowest BCUT2D eigenvalue weighted by atomic mass is 10.0. The van der Waals surface area contributed by atoms with Gasteiger partial charge in [0.05, 0.1) is 13.2 Å². The zero-order chi connectivity index (χ0) is 20.4. The summed E-state index contributed by atoms with van der Waals surface area (Å²) in [6.45, 7) is 4.66. The van der Waals surface area contributed by atoms with E-state index in [-0.39, 0.29) is 5.91 Å². The summed E-state index contributed by atoms with van der Waals surface area (Å²) in [4.78, 5) is 25.8. The fourth-order valence-corrected chi connectivity index (χ4v) is 3.73. The van der Waals surface area contributed by atoms with Crippen LogP contribution in [0.1, 0.15) is 29.2 Å². The number of hydrogen-bond donors (Lipinski definition) is 1. The van der Waals surface area contributed by atoms with E-state index in [2.05, 4.69) is 20.2 Å². The van der Waals surface area contributed by atoms with E-state index >= 15 is 0 Å². The van der Waals surface area contributed by atoms with Gasteiger partial charge in [0, 0.05) is 57.5 Å². The zero-order valence-corrected chi connectivity index (χ0v) is 17.1. The molecule has 154 valence electrons. The highest BCUT2D eigenvalue weighted by atomic mass is 16.7. The highest BCUT2D eigenvalue weighted by molar-refractivity contribution is 6.03. The number of aryl methyl sites for hydroxylation is 1. The minimum atomic E-state index is -0.433. The molecule has 1 amide bonds. The number of piperidine rings is 1. The third-order valence-electron chi connectivity index (χ3n) is 5.36. The molecule has 0 atom stereocenters. The number of ether oxygens (including phenoxy) is 2. The molecule has 3 heterocycles. The fraction of sp³-hybridized carbons (Fsp3) is 0.476. The lowest BCUT2D eigenvalue weighted by molar-refractivity contribution is -0.169. The fourth-order valence-electron chi connectivity index (χ4n) is 3.73. The molecular weight excluding hydrogens is 370 g/mol. The predicted octanol–water partition coefficient (Wildman–Crippen LogP) is 2.45. The van der Waals surface area contributed by atoms with Crippen LogP contribution in [0.3, 0.4) is 0 Å². The van der Waals surface area contributed by atoms with Gasteiger partial charge in [-0.3, -0.25) is 4.79 Å². The summed E-state index contributed by atoms with van der Waals surface area (Å²) in [6, 6.07) is 9.44. The third kappa shape index (κ3) is 4.33. The summed E-state index contributed by atoms with van der Waals surface area (Å²) in [5.74, 6) is 0.658. The molecule has 2 saturated heterocycles. The first-order chi connectivity index (χ1) is 13.9. The number of benzene rings is 1. The van der Waals surface area contributed by atoms with Crippen molar-refractivity contribution in [3.05, 3.63) is 41.9 Å². The van der Waals surface area contributed by atoms with E-state index in [1.807, 2.05) is 43.3 Å². The second kappa shape index (κ2) is 7.96. The van der Waals surface area contributed by atoms with Crippen molar-refractivity contribution in [3.63, 3.8) is 0 Å². The minimum Gasteiger partial charge on any atom is -0.378 e. The molecule has 0 aliphatic carbocycles. The topological polar surface area (TPSA) is 79.8 Å². The van der Waals surface area contributed by atoms with Crippen molar-refractivity contribution in [3.8, 4) is 0 Å². The van der Waals surface area contributed by atoms with Crippen LogP contribution in [-0.4, -0.2) is 62.1 Å². The minimum absolute atomic E-state index is 0.245. The maximum absolute atomic E-state index is 12.8. The summed E-state index contributed by atoms with van der Waals surface area (Å²) in [5.41, 5.74) is 2.16. The standard InChI is InChI=1S/C21H27N5O3/c1-15-22-18(20(27)24-16-4-6-17(7-5-16)25(2)3)14-19(23-15)26-10-8-21(9-11-26)28-12-13-29-21/h4-7,14H,8-13H2,1-3H3,(H,24,27). The predicted molar refractivity (Wildman–Crippen MR) is 112 cm³/mol. The number of nitrogens with one attached hydrogen (secondary N) is 1. The average molecular weight is 397 g/mol. The van der Waals surface area contributed by atoms with Gasteiger partial charge >= 0.3 is 0 Å². The summed E-state index contributed by atoms with van der Waals surface area (Å²) in [7, 11) is 3.96. The van der Waals surface area contributed by atoms with Gasteiger partial charge in [-0.25, -0.2) is 9.97 Å². The molecule has 0 radical (unpaired) electrons. The second-order valence-electron chi connectivity index (χ2n) is 7.65. The lowest BCUT2D eigenvalue weighted by Gasteiger charge is -2.38. The normalized spacial score (nSPS) is 18.1. The molecule has 0 unspecified atom stereocenters. The molecule has 0 bridgehead atoms. The molecule has 29 heavy (non-hydrogen) atoms. The van der Waals surface area contributed by atoms with E-state index in [1.54, 1.807) is 13.0 Å². The van der Waals surface area contributed by atoms with E-state index in [0.29, 0.717) is 24.7 Å². The van der Waals surface area contributed by atoms with Crippen molar-refractivity contribution in [2.24, 2.45) is 0 Å². The van der Waals surface area contributed by atoms with Crippen LogP contribution >= 0.6 is 0 Å². The van der Waals surface area contributed by atoms with Gasteiger partial charge in [0.1, 0.15) is 17.3 Å². The van der Waals surface area contributed by atoms with Gasteiger partial charge in [-0.05, 0) is 31.2 Å². The molecule has 2 aromatic rings. The number of amides is 1. The van der Waals surface area contributed by atoms with Crippen LogP contribution in [0.2, 0.25) is 0 Å². The van der Waals surface area contributed by atoms with E-state index in [9.17, 15) is 4.79 Å². The summed E-state index contributed by atoms with van der Waals surface area (Å²) in [5, 5.41) is 2.92. The van der Waals surface area contributed by atoms with Crippen LogP contribution < -0.4 is 15.1 Å². The van der Waals surface area contributed by atoms with Crippen LogP contribution in [0.5, 0.6) is 0 Å². The largest absolute Gasteiger partial charge is 0.378 e. The molecule has 2 aliphatic heterocycles. The van der Waals surface area contributed by atoms with Gasteiger partial charge in [0.25, 0.3) is 5.91 Å². The molecule has 1 spiro atoms. The Bertz CT molecular complexity index is 868. The summed E-state index contributed by atoms with van der Waals surface area (Å²) < 4.78 is 11.6. The molecule has 2 aliphatic rings. The highest BCUT2D eigenvalue weighted by Crippen LogP contribution is 2.32. The Morgan fingerprint density at radius 1 is 1.10 bits per heavy atom. The van der Waals surface area contributed by atoms with Crippen molar-refractivity contribution in [1.82, 2.24) is 9.97 Å². The summed E-state index contributed by atoms with van der Waals surface area (Å²) >= 11 is 0. The Morgan fingerprint density at radius 3 is 2.38 bits per heavy atom. The monoisotopic (exact) mass is 397 g/mol. The number of anilines is 3. The van der Waals surface area contributed by atoms with Crippen LogP contribution in [-0.2, 0) is 9.47 Å². The first-order valence-electron chi connectivity index (χ1n) is 9.91. The van der Waals surface area contributed by atoms with Gasteiger partial charge in [-0.1, -0.05) is 0 Å². The Morgan fingerprint density at radius 2 is 1.76 bits per heavy atom. The van der Waals surface area contributed by atoms with E-state index < -0.39 is 5.79 Å². The summed E-state index contributed by atoms with van der Waals surface area (Å²) in [6.07, 6.45) is 1.58. The Balaban J connectivity index is 1.45. The Hall–Kier alpha value is -2.71. The molecule has 8 nitrogen and oxygen atoms in total. The molecule has 8 heteroatoms. The smallest absolute Gasteiger partial charge is 0.274 e. The van der Waals surface area contributed by atoms with Crippen molar-refractivity contribution >= 4 is 23.1 Å².